The zero-order valence-electron chi connectivity index (χ0n) is 15.6. The Hall–Kier alpha value is -1.80. The van der Waals surface area contributed by atoms with E-state index < -0.39 is 22.2 Å². The number of hydrogen-bond acceptors (Lipinski definition) is 5. The lowest BCUT2D eigenvalue weighted by atomic mass is 9.75. The van der Waals surface area contributed by atoms with Crippen molar-refractivity contribution < 1.29 is 19.2 Å². The van der Waals surface area contributed by atoms with E-state index in [1.807, 2.05) is 26.8 Å². The van der Waals surface area contributed by atoms with Gasteiger partial charge >= 0.3 is 6.09 Å². The topological polar surface area (TPSA) is 98.1 Å². The Labute approximate surface area is 156 Å². The van der Waals surface area contributed by atoms with Crippen LogP contribution in [0.3, 0.4) is 0 Å². The largest absolute Gasteiger partial charge is 0.591 e. The molecule has 2 heterocycles. The molecule has 1 aliphatic carbocycles. The summed E-state index contributed by atoms with van der Waals surface area (Å²) < 4.78 is 22.2. The highest BCUT2D eigenvalue weighted by atomic mass is 32.2. The normalized spacial score (nSPS) is 21.7. The molecule has 26 heavy (non-hydrogen) atoms. The van der Waals surface area contributed by atoms with Crippen LogP contribution < -0.4 is 4.74 Å². The summed E-state index contributed by atoms with van der Waals surface area (Å²) in [6.07, 6.45) is 2.78. The zero-order valence-corrected chi connectivity index (χ0v) is 16.4. The third-order valence-electron chi connectivity index (χ3n) is 5.13. The lowest BCUT2D eigenvalue weighted by molar-refractivity contribution is 0.114. The molecule has 1 amide bonds. The van der Waals surface area contributed by atoms with Gasteiger partial charge in [-0.15, -0.1) is 0 Å². The second-order valence-corrected chi connectivity index (χ2v) is 9.80. The number of piperidine rings is 1. The number of hydrogen-bond donors (Lipinski definition) is 1. The third kappa shape index (κ3) is 3.40. The van der Waals surface area contributed by atoms with E-state index in [1.165, 1.54) is 4.90 Å². The fourth-order valence-corrected chi connectivity index (χ4v) is 4.26. The number of fused-ring (bicyclic) bond motifs is 1. The van der Waals surface area contributed by atoms with Crippen LogP contribution in [0.2, 0.25) is 0 Å². The van der Waals surface area contributed by atoms with Crippen LogP contribution >= 0.6 is 0 Å². The van der Waals surface area contributed by atoms with Gasteiger partial charge in [0.2, 0.25) is 0 Å². The highest BCUT2D eigenvalue weighted by molar-refractivity contribution is 7.91. The van der Waals surface area contributed by atoms with Gasteiger partial charge in [-0.2, -0.15) is 0 Å². The molecule has 1 saturated heterocycles. The molecule has 0 aromatic carbocycles. The minimum Gasteiger partial charge on any atom is -0.591 e. The van der Waals surface area contributed by atoms with Crippen LogP contribution in [0.5, 0.6) is 5.75 Å². The molecule has 1 spiro atoms. The van der Waals surface area contributed by atoms with E-state index >= 15 is 0 Å². The van der Waals surface area contributed by atoms with Gasteiger partial charge in [0.25, 0.3) is 0 Å². The fraction of sp³-hybridized carbons (Fsp3) is 0.611. The number of aromatic nitrogens is 1. The summed E-state index contributed by atoms with van der Waals surface area (Å²) in [5.41, 5.74) is 2.27. The van der Waals surface area contributed by atoms with Crippen LogP contribution in [-0.4, -0.2) is 56.3 Å². The minimum absolute atomic E-state index is 0.311. The fourth-order valence-electron chi connectivity index (χ4n) is 3.53. The summed E-state index contributed by atoms with van der Waals surface area (Å²) in [6, 6.07) is 1.90. The highest BCUT2D eigenvalue weighted by Gasteiger charge is 2.48. The first kappa shape index (κ1) is 19.0. The van der Waals surface area contributed by atoms with Gasteiger partial charge in [-0.25, -0.2) is 4.79 Å². The van der Waals surface area contributed by atoms with Crippen molar-refractivity contribution in [2.45, 2.75) is 44.8 Å². The van der Waals surface area contributed by atoms with Gasteiger partial charge in [0.1, 0.15) is 27.6 Å². The number of rotatable bonds is 2. The van der Waals surface area contributed by atoms with Gasteiger partial charge in [-0.05, 0) is 39.7 Å². The Morgan fingerprint density at radius 2 is 2.08 bits per heavy atom. The Kier molecular flexibility index (Phi) is 4.92. The van der Waals surface area contributed by atoms with Crippen LogP contribution in [0.1, 0.15) is 44.9 Å². The molecule has 1 aromatic rings. The molecule has 1 N–H and O–H groups in total. The van der Waals surface area contributed by atoms with Gasteiger partial charge in [0, 0.05) is 30.5 Å². The Morgan fingerprint density at radius 1 is 1.42 bits per heavy atom. The molecule has 3 rings (SSSR count). The molecule has 1 unspecified atom stereocenters. The van der Waals surface area contributed by atoms with Gasteiger partial charge in [-0.1, -0.05) is 4.40 Å². The van der Waals surface area contributed by atoms with E-state index in [-0.39, 0.29) is 5.41 Å². The maximum absolute atomic E-state index is 12.8. The van der Waals surface area contributed by atoms with Crippen molar-refractivity contribution in [2.75, 3.05) is 20.2 Å². The molecule has 1 fully saturated rings. The van der Waals surface area contributed by atoms with Crippen molar-refractivity contribution >= 4 is 23.2 Å². The number of ether oxygens (including phenoxy) is 1. The van der Waals surface area contributed by atoms with Gasteiger partial charge in [0.05, 0.1) is 19.0 Å². The summed E-state index contributed by atoms with van der Waals surface area (Å²) in [6.45, 7) is 6.58. The first-order chi connectivity index (χ1) is 12.2. The maximum Gasteiger partial charge on any atom is 0.407 e. The van der Waals surface area contributed by atoms with Crippen molar-refractivity contribution in [3.8, 4) is 5.75 Å². The van der Waals surface area contributed by atoms with E-state index in [0.717, 1.165) is 17.0 Å². The summed E-state index contributed by atoms with van der Waals surface area (Å²) >= 11 is -1.40. The second-order valence-electron chi connectivity index (χ2n) is 7.90. The summed E-state index contributed by atoms with van der Waals surface area (Å²) in [4.78, 5) is 17.2. The smallest absolute Gasteiger partial charge is 0.407 e. The molecule has 1 aliphatic heterocycles. The van der Waals surface area contributed by atoms with Crippen LogP contribution in [0.4, 0.5) is 4.79 Å². The average molecular weight is 379 g/mol. The molecule has 142 valence electrons. The lowest BCUT2D eigenvalue weighted by Crippen LogP contribution is -2.45. The number of carboxylic acid groups (broad SMARTS) is 1. The van der Waals surface area contributed by atoms with Crippen LogP contribution in [0.25, 0.3) is 0 Å². The summed E-state index contributed by atoms with van der Waals surface area (Å²) in [7, 11) is 1.59. The first-order valence-electron chi connectivity index (χ1n) is 8.69. The minimum atomic E-state index is -1.40. The van der Waals surface area contributed by atoms with Gasteiger partial charge < -0.3 is 19.3 Å². The van der Waals surface area contributed by atoms with Gasteiger partial charge in [0.15, 0.2) is 0 Å². The molecule has 7 nitrogen and oxygen atoms in total. The predicted octanol–water partition coefficient (Wildman–Crippen LogP) is 2.66. The van der Waals surface area contributed by atoms with E-state index in [4.69, 9.17) is 4.74 Å². The van der Waals surface area contributed by atoms with Crippen molar-refractivity contribution in [1.29, 1.82) is 0 Å². The highest BCUT2D eigenvalue weighted by Crippen LogP contribution is 2.46. The predicted molar refractivity (Wildman–Crippen MR) is 100 cm³/mol. The zero-order chi connectivity index (χ0) is 19.1. The van der Waals surface area contributed by atoms with E-state index in [1.54, 1.807) is 13.3 Å². The molecular formula is C18H25N3O4S. The van der Waals surface area contributed by atoms with Crippen molar-refractivity contribution in [1.82, 2.24) is 9.88 Å². The number of carbonyl (C=O) groups is 1. The summed E-state index contributed by atoms with van der Waals surface area (Å²) in [5.74, 6) is 0.637. The number of nitrogens with zero attached hydrogens (tertiary/aromatic N) is 3. The van der Waals surface area contributed by atoms with E-state index in [0.29, 0.717) is 38.1 Å². The van der Waals surface area contributed by atoms with E-state index in [9.17, 15) is 14.5 Å². The molecular weight excluding hydrogens is 354 g/mol. The Morgan fingerprint density at radius 3 is 2.62 bits per heavy atom. The quantitative estimate of drug-likeness (QED) is 0.797. The number of pyridine rings is 1. The summed E-state index contributed by atoms with van der Waals surface area (Å²) in [5, 5.41) is 9.25. The van der Waals surface area contributed by atoms with E-state index in [2.05, 4.69) is 9.38 Å². The van der Waals surface area contributed by atoms with Crippen LogP contribution in [0.15, 0.2) is 16.7 Å². The van der Waals surface area contributed by atoms with Crippen molar-refractivity contribution in [3.63, 3.8) is 0 Å². The average Bonchev–Trinajstić information content (AvgIpc) is 2.87. The molecule has 0 radical (unpaired) electrons. The third-order valence-corrected chi connectivity index (χ3v) is 6.53. The molecule has 1 aromatic heterocycles. The second kappa shape index (κ2) is 6.74. The first-order valence-corrected chi connectivity index (χ1v) is 9.79. The van der Waals surface area contributed by atoms with Crippen LogP contribution in [-0.2, 0) is 17.8 Å². The number of methoxy groups -OCH3 is 1. The van der Waals surface area contributed by atoms with Gasteiger partial charge in [-0.3, -0.25) is 4.98 Å². The SMILES string of the molecule is COc1cnc2c(c1)/C(=N\[S+]([O-])C(C)(C)C)C1(CCN(C(=O)O)CC1)C2. The van der Waals surface area contributed by atoms with Crippen molar-refractivity contribution in [3.05, 3.63) is 23.5 Å². The maximum atomic E-state index is 12.8. The molecule has 0 bridgehead atoms. The molecule has 2 aliphatic rings. The Balaban J connectivity index is 2.02. The van der Waals surface area contributed by atoms with Crippen LogP contribution in [0, 0.1) is 5.41 Å². The lowest BCUT2D eigenvalue weighted by Gasteiger charge is -2.38. The molecule has 0 saturated carbocycles. The number of likely N-dealkylation sites (tertiary alicyclic amines) is 1. The molecule has 8 heteroatoms. The number of amides is 1. The van der Waals surface area contributed by atoms with Crippen molar-refractivity contribution in [2.24, 2.45) is 9.81 Å². The monoisotopic (exact) mass is 379 g/mol. The molecule has 1 atom stereocenters. The standard InChI is InChI=1S/C18H25N3O4S/c1-17(2,3)26(24)20-15-13-9-12(25-4)11-19-14(13)10-18(15)5-7-21(8-6-18)16(22)23/h9,11H,5-8,10H2,1-4H3,(H,22,23)/b20-15+. The Bertz CT molecular complexity index is 736.